The Labute approximate surface area is 240 Å². The summed E-state index contributed by atoms with van der Waals surface area (Å²) in [6, 6.07) is 25.2. The van der Waals surface area contributed by atoms with E-state index in [2.05, 4.69) is 30.8 Å². The second-order valence-electron chi connectivity index (χ2n) is 11.1. The molecule has 0 aromatic heterocycles. The fourth-order valence-electron chi connectivity index (χ4n) is 4.58. The first-order chi connectivity index (χ1) is 19.5. The van der Waals surface area contributed by atoms with Crippen molar-refractivity contribution >= 4 is 27.4 Å². The van der Waals surface area contributed by atoms with Gasteiger partial charge >= 0.3 is 6.03 Å². The number of hydrogen-bond donors (Lipinski definition) is 2. The van der Waals surface area contributed by atoms with Crippen molar-refractivity contribution in [2.45, 2.75) is 50.8 Å². The molecule has 0 bridgehead atoms. The molecule has 212 valence electrons. The van der Waals surface area contributed by atoms with Crippen molar-refractivity contribution in [2.24, 2.45) is 0 Å². The summed E-state index contributed by atoms with van der Waals surface area (Å²) in [5.74, 6) is -0.464. The molecule has 0 spiro atoms. The van der Waals surface area contributed by atoms with Crippen LogP contribution in [0.15, 0.2) is 95.9 Å². The van der Waals surface area contributed by atoms with E-state index in [4.69, 9.17) is 4.74 Å². The van der Waals surface area contributed by atoms with Gasteiger partial charge in [-0.3, -0.25) is 4.72 Å². The second-order valence-corrected chi connectivity index (χ2v) is 12.7. The van der Waals surface area contributed by atoms with E-state index in [1.807, 2.05) is 54.6 Å². The predicted molar refractivity (Wildman–Crippen MR) is 158 cm³/mol. The first kappa shape index (κ1) is 28.2. The fourth-order valence-corrected chi connectivity index (χ4v) is 5.70. The summed E-state index contributed by atoms with van der Waals surface area (Å²) in [5.41, 5.74) is 4.47. The molecule has 4 aromatic rings. The molecule has 0 saturated heterocycles. The van der Waals surface area contributed by atoms with Crippen LogP contribution in [-0.2, 0) is 35.1 Å². The number of amides is 2. The molecule has 2 N–H and O–H groups in total. The van der Waals surface area contributed by atoms with E-state index in [1.54, 1.807) is 17.0 Å². The zero-order valence-corrected chi connectivity index (χ0v) is 24.0. The van der Waals surface area contributed by atoms with Gasteiger partial charge in [-0.1, -0.05) is 69.3 Å². The number of hydrogen-bond acceptors (Lipinski definition) is 4. The number of carbonyl (C=O) groups is 1. The van der Waals surface area contributed by atoms with Crippen molar-refractivity contribution in [2.75, 3.05) is 10.0 Å². The van der Waals surface area contributed by atoms with E-state index < -0.39 is 15.8 Å². The van der Waals surface area contributed by atoms with Crippen molar-refractivity contribution in [1.82, 2.24) is 4.90 Å². The number of ether oxygens (including phenoxy) is 1. The molecule has 7 nitrogen and oxygen atoms in total. The molecule has 41 heavy (non-hydrogen) atoms. The minimum atomic E-state index is -4.03. The normalized spacial score (nSPS) is 13.0. The molecule has 0 aliphatic carbocycles. The van der Waals surface area contributed by atoms with Gasteiger partial charge in [0.15, 0.2) is 0 Å². The number of nitrogens with zero attached hydrogens (tertiary/aromatic N) is 1. The minimum absolute atomic E-state index is 0.0134. The van der Waals surface area contributed by atoms with E-state index in [0.29, 0.717) is 12.2 Å². The number of halogens is 1. The topological polar surface area (TPSA) is 87.7 Å². The number of sulfonamides is 1. The first-order valence-electron chi connectivity index (χ1n) is 13.3. The van der Waals surface area contributed by atoms with Crippen LogP contribution in [0.1, 0.15) is 43.0 Å². The third-order valence-electron chi connectivity index (χ3n) is 6.92. The van der Waals surface area contributed by atoms with Crippen LogP contribution in [0.2, 0.25) is 0 Å². The average molecular weight is 574 g/mol. The van der Waals surface area contributed by atoms with Crippen LogP contribution in [0, 0.1) is 5.82 Å². The van der Waals surface area contributed by atoms with Crippen LogP contribution in [-0.4, -0.2) is 19.3 Å². The Bertz CT molecular complexity index is 1670. The number of fused-ring (bicyclic) bond motifs is 1. The quantitative estimate of drug-likeness (QED) is 0.248. The molecule has 0 radical (unpaired) electrons. The Hall–Kier alpha value is -4.37. The molecule has 1 heterocycles. The Balaban J connectivity index is 1.27. The third kappa shape index (κ3) is 6.69. The Morgan fingerprint density at radius 1 is 0.902 bits per heavy atom. The van der Waals surface area contributed by atoms with Crippen molar-refractivity contribution in [3.05, 3.63) is 119 Å². The Morgan fingerprint density at radius 3 is 2.32 bits per heavy atom. The van der Waals surface area contributed by atoms with E-state index in [-0.39, 0.29) is 40.9 Å². The summed E-state index contributed by atoms with van der Waals surface area (Å²) in [6.45, 7) is 7.17. The minimum Gasteiger partial charge on any atom is -0.487 e. The number of nitrogens with one attached hydrogen (secondary N) is 2. The largest absolute Gasteiger partial charge is 0.487 e. The Kier molecular flexibility index (Phi) is 7.73. The van der Waals surface area contributed by atoms with Gasteiger partial charge in [-0.15, -0.1) is 0 Å². The van der Waals surface area contributed by atoms with Gasteiger partial charge in [0, 0.05) is 24.8 Å². The highest BCUT2D eigenvalue weighted by Gasteiger charge is 2.26. The smallest absolute Gasteiger partial charge is 0.322 e. The molecule has 0 unspecified atom stereocenters. The van der Waals surface area contributed by atoms with E-state index in [0.717, 1.165) is 22.8 Å². The Morgan fingerprint density at radius 2 is 1.61 bits per heavy atom. The summed E-state index contributed by atoms with van der Waals surface area (Å²) in [4.78, 5) is 14.6. The molecule has 5 rings (SSSR count). The number of urea groups is 1. The van der Waals surface area contributed by atoms with Gasteiger partial charge in [0.25, 0.3) is 10.0 Å². The van der Waals surface area contributed by atoms with Gasteiger partial charge < -0.3 is 15.0 Å². The lowest BCUT2D eigenvalue weighted by Crippen LogP contribution is -2.30. The molecule has 0 saturated carbocycles. The highest BCUT2D eigenvalue weighted by atomic mass is 32.2. The fraction of sp³-hybridized carbons (Fsp3) is 0.219. The van der Waals surface area contributed by atoms with Crippen molar-refractivity contribution in [1.29, 1.82) is 0 Å². The van der Waals surface area contributed by atoms with E-state index >= 15 is 0 Å². The summed E-state index contributed by atoms with van der Waals surface area (Å²) in [7, 11) is -4.03. The predicted octanol–water partition coefficient (Wildman–Crippen LogP) is 7.05. The van der Waals surface area contributed by atoms with Gasteiger partial charge in [-0.2, -0.15) is 0 Å². The van der Waals surface area contributed by atoms with Gasteiger partial charge in [-0.25, -0.2) is 17.6 Å². The van der Waals surface area contributed by atoms with E-state index in [1.165, 1.54) is 23.8 Å². The molecule has 9 heteroatoms. The van der Waals surface area contributed by atoms with Crippen LogP contribution in [0.3, 0.4) is 0 Å². The van der Waals surface area contributed by atoms with Crippen LogP contribution in [0.5, 0.6) is 5.75 Å². The van der Waals surface area contributed by atoms with E-state index in [9.17, 15) is 17.6 Å². The lowest BCUT2D eigenvalue weighted by Gasteiger charge is -2.20. The van der Waals surface area contributed by atoms with Crippen molar-refractivity contribution in [3.8, 4) is 5.75 Å². The van der Waals surface area contributed by atoms with Gasteiger partial charge in [0.05, 0.1) is 10.6 Å². The summed E-state index contributed by atoms with van der Waals surface area (Å²) in [5, 5.41) is 2.92. The highest BCUT2D eigenvalue weighted by Crippen LogP contribution is 2.31. The van der Waals surface area contributed by atoms with Gasteiger partial charge in [0.1, 0.15) is 18.2 Å². The monoisotopic (exact) mass is 573 g/mol. The molecule has 4 aromatic carbocycles. The maximum absolute atomic E-state index is 14.0. The highest BCUT2D eigenvalue weighted by molar-refractivity contribution is 7.92. The number of benzene rings is 4. The molecular weight excluding hydrogens is 541 g/mol. The maximum Gasteiger partial charge on any atom is 0.322 e. The number of carbonyl (C=O) groups excluding carboxylic acids is 1. The van der Waals surface area contributed by atoms with Crippen molar-refractivity contribution < 1.29 is 22.3 Å². The first-order valence-corrected chi connectivity index (χ1v) is 14.7. The number of anilines is 2. The van der Waals surface area contributed by atoms with Gasteiger partial charge in [-0.05, 0) is 64.1 Å². The van der Waals surface area contributed by atoms with Crippen LogP contribution >= 0.6 is 0 Å². The standard InChI is InChI=1S/C32H32FN3O4S/c1-32(2,3)25-10-13-27(14-11-25)34-31(37)36-19-23-9-15-28(17-24(23)20-36)41(38,39)35-29-16-12-26(33)18-30(29)40-21-22-7-5-4-6-8-22/h4-18,35H,19-21H2,1-3H3,(H,34,37). The molecule has 1 aliphatic heterocycles. The van der Waals surface area contributed by atoms with Crippen LogP contribution in [0.4, 0.5) is 20.6 Å². The molecule has 2 amide bonds. The SMILES string of the molecule is CC(C)(C)c1ccc(NC(=O)N2Cc3ccc(S(=O)(=O)Nc4ccc(F)cc4OCc4ccccc4)cc3C2)cc1. The second kappa shape index (κ2) is 11.2. The summed E-state index contributed by atoms with van der Waals surface area (Å²) < 4.78 is 48.9. The third-order valence-corrected chi connectivity index (χ3v) is 8.29. The lowest BCUT2D eigenvalue weighted by atomic mass is 9.87. The van der Waals surface area contributed by atoms with Gasteiger partial charge in [0.2, 0.25) is 0 Å². The molecule has 1 aliphatic rings. The lowest BCUT2D eigenvalue weighted by molar-refractivity contribution is 0.212. The van der Waals surface area contributed by atoms with Crippen LogP contribution < -0.4 is 14.8 Å². The summed E-state index contributed by atoms with van der Waals surface area (Å²) in [6.07, 6.45) is 0. The average Bonchev–Trinajstić information content (AvgIpc) is 3.37. The molecule has 0 fully saturated rings. The molecular formula is C32H32FN3O4S. The van der Waals surface area contributed by atoms with Crippen LogP contribution in [0.25, 0.3) is 0 Å². The van der Waals surface area contributed by atoms with Crippen molar-refractivity contribution in [3.63, 3.8) is 0 Å². The zero-order chi connectivity index (χ0) is 29.2. The zero-order valence-electron chi connectivity index (χ0n) is 23.1. The molecule has 0 atom stereocenters. The summed E-state index contributed by atoms with van der Waals surface area (Å²) >= 11 is 0. The number of rotatable bonds is 7. The maximum atomic E-state index is 14.0.